The van der Waals surface area contributed by atoms with Crippen molar-refractivity contribution in [3.8, 4) is 0 Å². The Morgan fingerprint density at radius 3 is 2.28 bits per heavy atom. The van der Waals surface area contributed by atoms with E-state index in [0.717, 1.165) is 16.8 Å². The molecular formula is C12H18F3NO2. The fourth-order valence-electron chi connectivity index (χ4n) is 1.73. The maximum absolute atomic E-state index is 11.8. The van der Waals surface area contributed by atoms with Gasteiger partial charge in [-0.3, -0.25) is 0 Å². The minimum Gasteiger partial charge on any atom is -0.387 e. The third kappa shape index (κ3) is 4.03. The Bertz CT molecular complexity index is 399. The van der Waals surface area contributed by atoms with Crippen LogP contribution in [0.4, 0.5) is 13.2 Å². The number of aliphatic hydroxyl groups excluding tert-OH is 1. The second kappa shape index (κ2) is 5.75. The average molecular weight is 265 g/mol. The minimum atomic E-state index is -4.32. The van der Waals surface area contributed by atoms with E-state index in [-0.39, 0.29) is 13.0 Å². The maximum atomic E-state index is 11.8. The number of rotatable bonds is 5. The molecular weight excluding hydrogens is 247 g/mol. The topological polar surface area (TPSA) is 45.2 Å². The molecule has 0 aliphatic carbocycles. The summed E-state index contributed by atoms with van der Waals surface area (Å²) < 4.78 is 40.0. The quantitative estimate of drug-likeness (QED) is 0.804. The third-order valence-corrected chi connectivity index (χ3v) is 2.99. The number of hydrogen-bond acceptors (Lipinski definition) is 2. The van der Waals surface area contributed by atoms with Crippen LogP contribution in [0, 0.1) is 20.8 Å². The van der Waals surface area contributed by atoms with E-state index in [1.54, 1.807) is 0 Å². The highest BCUT2D eigenvalue weighted by molar-refractivity contribution is 5.35. The standard InChI is InChI=1S/C12H18F3NO2/c1-7-8(2)11(16-9(7)3)10(17)4-5-18-6-12(13,14)15/h10,16-17H,4-6H2,1-3H3. The zero-order chi connectivity index (χ0) is 13.9. The van der Waals surface area contributed by atoms with Gasteiger partial charge in [0.2, 0.25) is 0 Å². The summed E-state index contributed by atoms with van der Waals surface area (Å²) in [5.74, 6) is 0. The first-order valence-electron chi connectivity index (χ1n) is 5.70. The van der Waals surface area contributed by atoms with Crippen molar-refractivity contribution in [2.75, 3.05) is 13.2 Å². The Hall–Kier alpha value is -1.01. The molecule has 1 rings (SSSR count). The lowest BCUT2D eigenvalue weighted by Gasteiger charge is -2.12. The number of H-pyrrole nitrogens is 1. The van der Waals surface area contributed by atoms with Crippen LogP contribution in [0.5, 0.6) is 0 Å². The molecule has 0 saturated carbocycles. The largest absolute Gasteiger partial charge is 0.411 e. The number of aryl methyl sites for hydroxylation is 1. The van der Waals surface area contributed by atoms with Gasteiger partial charge in [0.25, 0.3) is 0 Å². The zero-order valence-electron chi connectivity index (χ0n) is 10.7. The summed E-state index contributed by atoms with van der Waals surface area (Å²) in [6, 6.07) is 0. The van der Waals surface area contributed by atoms with E-state index in [4.69, 9.17) is 0 Å². The molecule has 0 amide bonds. The molecule has 18 heavy (non-hydrogen) atoms. The van der Waals surface area contributed by atoms with Gasteiger partial charge in [-0.15, -0.1) is 0 Å². The van der Waals surface area contributed by atoms with Crippen LogP contribution in [0.1, 0.15) is 35.0 Å². The normalized spacial score (nSPS) is 13.9. The van der Waals surface area contributed by atoms with Crippen LogP contribution in [0.15, 0.2) is 0 Å². The summed E-state index contributed by atoms with van der Waals surface area (Å²) in [7, 11) is 0. The third-order valence-electron chi connectivity index (χ3n) is 2.99. The lowest BCUT2D eigenvalue weighted by molar-refractivity contribution is -0.175. The predicted octanol–water partition coefficient (Wildman–Crippen LogP) is 2.94. The highest BCUT2D eigenvalue weighted by Gasteiger charge is 2.27. The zero-order valence-corrected chi connectivity index (χ0v) is 10.7. The highest BCUT2D eigenvalue weighted by Crippen LogP contribution is 2.24. The van der Waals surface area contributed by atoms with Gasteiger partial charge in [-0.2, -0.15) is 13.2 Å². The van der Waals surface area contributed by atoms with E-state index < -0.39 is 18.9 Å². The molecule has 0 aliphatic rings. The highest BCUT2D eigenvalue weighted by atomic mass is 19.4. The Morgan fingerprint density at radius 2 is 1.83 bits per heavy atom. The summed E-state index contributed by atoms with van der Waals surface area (Å²) in [5, 5.41) is 9.88. The molecule has 1 aromatic heterocycles. The first-order valence-corrected chi connectivity index (χ1v) is 5.70. The van der Waals surface area contributed by atoms with Gasteiger partial charge in [0, 0.05) is 24.4 Å². The number of aromatic amines is 1. The van der Waals surface area contributed by atoms with Gasteiger partial charge in [-0.25, -0.2) is 0 Å². The molecule has 0 aliphatic heterocycles. The van der Waals surface area contributed by atoms with Crippen LogP contribution >= 0.6 is 0 Å². The van der Waals surface area contributed by atoms with Crippen LogP contribution in [0.2, 0.25) is 0 Å². The molecule has 0 fully saturated rings. The number of halogens is 3. The molecule has 0 bridgehead atoms. The Balaban J connectivity index is 2.46. The predicted molar refractivity (Wildman–Crippen MR) is 61.5 cm³/mol. The number of aliphatic hydroxyl groups is 1. The summed E-state index contributed by atoms with van der Waals surface area (Å²) in [6.45, 7) is 4.28. The Labute approximate surface area is 104 Å². The summed E-state index contributed by atoms with van der Waals surface area (Å²) in [6.07, 6.45) is -5.01. The van der Waals surface area contributed by atoms with Crippen LogP contribution < -0.4 is 0 Å². The molecule has 1 unspecified atom stereocenters. The first-order chi connectivity index (χ1) is 8.22. The SMILES string of the molecule is Cc1[nH]c(C(O)CCOCC(F)(F)F)c(C)c1C. The van der Waals surface area contributed by atoms with E-state index in [0.29, 0.717) is 5.69 Å². The Kier molecular flexibility index (Phi) is 4.81. The van der Waals surface area contributed by atoms with E-state index >= 15 is 0 Å². The second-order valence-corrected chi connectivity index (χ2v) is 4.39. The van der Waals surface area contributed by atoms with Crippen molar-refractivity contribution in [3.63, 3.8) is 0 Å². The summed E-state index contributed by atoms with van der Waals surface area (Å²) >= 11 is 0. The van der Waals surface area contributed by atoms with Gasteiger partial charge in [0.1, 0.15) is 6.61 Å². The molecule has 104 valence electrons. The molecule has 2 N–H and O–H groups in total. The fourth-order valence-corrected chi connectivity index (χ4v) is 1.73. The van der Waals surface area contributed by atoms with Crippen LogP contribution in [0.3, 0.4) is 0 Å². The van der Waals surface area contributed by atoms with Gasteiger partial charge < -0.3 is 14.8 Å². The van der Waals surface area contributed by atoms with Crippen LogP contribution in [-0.2, 0) is 4.74 Å². The van der Waals surface area contributed by atoms with Crippen LogP contribution in [-0.4, -0.2) is 29.5 Å². The molecule has 3 nitrogen and oxygen atoms in total. The van der Waals surface area contributed by atoms with Crippen molar-refractivity contribution in [2.24, 2.45) is 0 Å². The van der Waals surface area contributed by atoms with E-state index in [1.807, 2.05) is 20.8 Å². The maximum Gasteiger partial charge on any atom is 0.411 e. The van der Waals surface area contributed by atoms with Gasteiger partial charge in [0.05, 0.1) is 6.10 Å². The monoisotopic (exact) mass is 265 g/mol. The van der Waals surface area contributed by atoms with Crippen LogP contribution in [0.25, 0.3) is 0 Å². The van der Waals surface area contributed by atoms with Crippen molar-refractivity contribution >= 4 is 0 Å². The summed E-state index contributed by atoms with van der Waals surface area (Å²) in [4.78, 5) is 3.04. The number of nitrogens with one attached hydrogen (secondary N) is 1. The smallest absolute Gasteiger partial charge is 0.387 e. The number of aromatic nitrogens is 1. The number of alkyl halides is 3. The van der Waals surface area contributed by atoms with Gasteiger partial charge >= 0.3 is 6.18 Å². The lowest BCUT2D eigenvalue weighted by Crippen LogP contribution is -2.18. The van der Waals surface area contributed by atoms with Gasteiger partial charge in [-0.1, -0.05) is 0 Å². The van der Waals surface area contributed by atoms with Gasteiger partial charge in [-0.05, 0) is 31.9 Å². The minimum absolute atomic E-state index is 0.128. The molecule has 0 saturated heterocycles. The molecule has 0 radical (unpaired) electrons. The summed E-state index contributed by atoms with van der Waals surface area (Å²) in [5.41, 5.74) is 3.61. The number of hydrogen-bond donors (Lipinski definition) is 2. The molecule has 0 spiro atoms. The fraction of sp³-hybridized carbons (Fsp3) is 0.667. The van der Waals surface area contributed by atoms with E-state index in [9.17, 15) is 18.3 Å². The Morgan fingerprint density at radius 1 is 1.22 bits per heavy atom. The van der Waals surface area contributed by atoms with Crippen molar-refractivity contribution in [2.45, 2.75) is 39.5 Å². The van der Waals surface area contributed by atoms with Crippen molar-refractivity contribution < 1.29 is 23.0 Å². The van der Waals surface area contributed by atoms with E-state index in [1.165, 1.54) is 0 Å². The first kappa shape index (κ1) is 15.0. The molecule has 0 aromatic carbocycles. The second-order valence-electron chi connectivity index (χ2n) is 4.39. The number of ether oxygens (including phenoxy) is 1. The lowest BCUT2D eigenvalue weighted by atomic mass is 10.1. The molecule has 1 heterocycles. The molecule has 1 atom stereocenters. The van der Waals surface area contributed by atoms with Gasteiger partial charge in [0.15, 0.2) is 0 Å². The molecule has 1 aromatic rings. The van der Waals surface area contributed by atoms with Crippen molar-refractivity contribution in [1.29, 1.82) is 0 Å². The molecule has 6 heteroatoms. The van der Waals surface area contributed by atoms with Crippen molar-refractivity contribution in [1.82, 2.24) is 4.98 Å². The van der Waals surface area contributed by atoms with E-state index in [2.05, 4.69) is 9.72 Å². The van der Waals surface area contributed by atoms with Crippen molar-refractivity contribution in [3.05, 3.63) is 22.5 Å². The average Bonchev–Trinajstić information content (AvgIpc) is 2.51.